The number of aryl methyl sites for hydroxylation is 1. The Kier molecular flexibility index (Phi) is 6.98. The Morgan fingerprint density at radius 2 is 1.78 bits per heavy atom. The molecule has 0 radical (unpaired) electrons. The first-order valence-electron chi connectivity index (χ1n) is 11.9. The van der Waals surface area contributed by atoms with Crippen molar-refractivity contribution in [2.45, 2.75) is 13.2 Å². The number of imidazole rings is 1. The van der Waals surface area contributed by atoms with Crippen LogP contribution in [0.1, 0.15) is 21.7 Å². The van der Waals surface area contributed by atoms with Crippen molar-refractivity contribution in [1.29, 1.82) is 0 Å². The number of ether oxygens (including phenoxy) is 2. The molecular formula is C29H27N5O3. The minimum Gasteiger partial charge on any atom is -0.497 e. The number of hydrogen-bond acceptors (Lipinski definition) is 5. The number of anilines is 1. The molecule has 0 aliphatic heterocycles. The fraction of sp³-hybridized carbons (Fsp3) is 0.138. The molecule has 0 saturated heterocycles. The molecule has 3 aromatic carbocycles. The molecule has 1 amide bonds. The third-order valence-corrected chi connectivity index (χ3v) is 5.94. The molecule has 5 rings (SSSR count). The Morgan fingerprint density at radius 3 is 2.51 bits per heavy atom. The highest BCUT2D eigenvalue weighted by Gasteiger charge is 2.19. The molecule has 0 aliphatic carbocycles. The predicted octanol–water partition coefficient (Wildman–Crippen LogP) is 5.17. The SMILES string of the molecule is COc1cccc(-c2nn(Cc3ccccc3)cc2C(=O)Nc2ccc(OCc3nccn3C)cc2)c1. The van der Waals surface area contributed by atoms with E-state index in [1.165, 1.54) is 0 Å². The van der Waals surface area contributed by atoms with E-state index in [-0.39, 0.29) is 5.91 Å². The van der Waals surface area contributed by atoms with Gasteiger partial charge in [-0.25, -0.2) is 4.98 Å². The van der Waals surface area contributed by atoms with Gasteiger partial charge in [0.1, 0.15) is 29.6 Å². The van der Waals surface area contributed by atoms with Gasteiger partial charge in [0.05, 0.1) is 19.2 Å². The van der Waals surface area contributed by atoms with Crippen LogP contribution in [0.3, 0.4) is 0 Å². The lowest BCUT2D eigenvalue weighted by Gasteiger charge is -2.09. The van der Waals surface area contributed by atoms with Crippen molar-refractivity contribution in [3.8, 4) is 22.8 Å². The number of nitrogens with one attached hydrogen (secondary N) is 1. The van der Waals surface area contributed by atoms with E-state index in [0.29, 0.717) is 41.6 Å². The number of nitrogens with zero attached hydrogens (tertiary/aromatic N) is 4. The van der Waals surface area contributed by atoms with Crippen LogP contribution in [0.5, 0.6) is 11.5 Å². The summed E-state index contributed by atoms with van der Waals surface area (Å²) in [6.45, 7) is 0.910. The monoisotopic (exact) mass is 493 g/mol. The fourth-order valence-electron chi connectivity index (χ4n) is 3.94. The number of methoxy groups -OCH3 is 1. The Bertz CT molecular complexity index is 1490. The number of carbonyl (C=O) groups excluding carboxylic acids is 1. The van der Waals surface area contributed by atoms with Crippen LogP contribution in [0.2, 0.25) is 0 Å². The third kappa shape index (κ3) is 5.70. The zero-order valence-corrected chi connectivity index (χ0v) is 20.7. The molecule has 2 aromatic heterocycles. The Hall–Kier alpha value is -4.85. The molecule has 0 bridgehead atoms. The molecule has 0 aliphatic rings. The van der Waals surface area contributed by atoms with Crippen molar-refractivity contribution in [3.05, 3.63) is 114 Å². The molecule has 8 nitrogen and oxygen atoms in total. The summed E-state index contributed by atoms with van der Waals surface area (Å²) in [5, 5.41) is 7.74. The van der Waals surface area contributed by atoms with Gasteiger partial charge in [0.15, 0.2) is 0 Å². The van der Waals surface area contributed by atoms with Crippen molar-refractivity contribution >= 4 is 11.6 Å². The summed E-state index contributed by atoms with van der Waals surface area (Å²) in [7, 11) is 3.54. The van der Waals surface area contributed by atoms with Gasteiger partial charge in [-0.15, -0.1) is 0 Å². The lowest BCUT2D eigenvalue weighted by molar-refractivity contribution is 0.102. The number of amides is 1. The molecule has 2 heterocycles. The first-order chi connectivity index (χ1) is 18.1. The van der Waals surface area contributed by atoms with E-state index in [1.54, 1.807) is 24.2 Å². The maximum absolute atomic E-state index is 13.4. The van der Waals surface area contributed by atoms with Gasteiger partial charge in [0.25, 0.3) is 5.91 Å². The molecule has 8 heteroatoms. The number of aromatic nitrogens is 4. The topological polar surface area (TPSA) is 83.2 Å². The highest BCUT2D eigenvalue weighted by molar-refractivity contribution is 6.08. The van der Waals surface area contributed by atoms with E-state index >= 15 is 0 Å². The number of hydrogen-bond donors (Lipinski definition) is 1. The van der Waals surface area contributed by atoms with Crippen LogP contribution in [0.15, 0.2) is 97.5 Å². The van der Waals surface area contributed by atoms with Gasteiger partial charge < -0.3 is 19.4 Å². The van der Waals surface area contributed by atoms with Crippen LogP contribution in [-0.4, -0.2) is 32.3 Å². The van der Waals surface area contributed by atoms with Gasteiger partial charge >= 0.3 is 0 Å². The molecule has 1 N–H and O–H groups in total. The first kappa shape index (κ1) is 23.9. The van der Waals surface area contributed by atoms with Crippen molar-refractivity contribution < 1.29 is 14.3 Å². The highest BCUT2D eigenvalue weighted by Crippen LogP contribution is 2.27. The van der Waals surface area contributed by atoms with Crippen molar-refractivity contribution in [3.63, 3.8) is 0 Å². The van der Waals surface area contributed by atoms with Crippen LogP contribution in [0.25, 0.3) is 11.3 Å². The van der Waals surface area contributed by atoms with E-state index in [1.807, 2.05) is 96.7 Å². The fourth-order valence-corrected chi connectivity index (χ4v) is 3.94. The summed E-state index contributed by atoms with van der Waals surface area (Å²) in [5.41, 5.74) is 3.60. The van der Waals surface area contributed by atoms with Crippen molar-refractivity contribution in [1.82, 2.24) is 19.3 Å². The van der Waals surface area contributed by atoms with E-state index in [2.05, 4.69) is 10.3 Å². The number of benzene rings is 3. The van der Waals surface area contributed by atoms with Crippen LogP contribution < -0.4 is 14.8 Å². The van der Waals surface area contributed by atoms with E-state index < -0.39 is 0 Å². The summed E-state index contributed by atoms with van der Waals surface area (Å²) >= 11 is 0. The Labute approximate surface area is 215 Å². The van der Waals surface area contributed by atoms with Gasteiger partial charge in [0, 0.05) is 36.9 Å². The van der Waals surface area contributed by atoms with Gasteiger partial charge in [-0.3, -0.25) is 9.48 Å². The number of carbonyl (C=O) groups is 1. The maximum Gasteiger partial charge on any atom is 0.259 e. The smallest absolute Gasteiger partial charge is 0.259 e. The molecule has 0 atom stereocenters. The van der Waals surface area contributed by atoms with Gasteiger partial charge in [-0.05, 0) is 42.0 Å². The van der Waals surface area contributed by atoms with Gasteiger partial charge in [-0.1, -0.05) is 42.5 Å². The summed E-state index contributed by atoms with van der Waals surface area (Å²) < 4.78 is 14.9. The van der Waals surface area contributed by atoms with Crippen molar-refractivity contribution in [2.75, 3.05) is 12.4 Å². The average Bonchev–Trinajstić information content (AvgIpc) is 3.55. The minimum atomic E-state index is -0.251. The largest absolute Gasteiger partial charge is 0.497 e. The van der Waals surface area contributed by atoms with Crippen LogP contribution in [0, 0.1) is 0 Å². The van der Waals surface area contributed by atoms with E-state index in [9.17, 15) is 4.79 Å². The molecule has 37 heavy (non-hydrogen) atoms. The lowest BCUT2D eigenvalue weighted by Crippen LogP contribution is -2.12. The van der Waals surface area contributed by atoms with E-state index in [4.69, 9.17) is 14.6 Å². The standard InChI is InChI=1S/C29H27N5O3/c1-33-16-15-30-27(33)20-37-24-13-11-23(12-14-24)31-29(35)26-19-34(18-21-7-4-3-5-8-21)32-28(26)22-9-6-10-25(17-22)36-2/h3-17,19H,18,20H2,1-2H3,(H,31,35). The molecule has 5 aromatic rings. The molecular weight excluding hydrogens is 466 g/mol. The average molecular weight is 494 g/mol. The van der Waals surface area contributed by atoms with E-state index in [0.717, 1.165) is 17.0 Å². The molecule has 0 fully saturated rings. The molecule has 0 saturated carbocycles. The normalized spacial score (nSPS) is 10.8. The second kappa shape index (κ2) is 10.8. The Morgan fingerprint density at radius 1 is 0.973 bits per heavy atom. The summed E-state index contributed by atoms with van der Waals surface area (Å²) in [6, 6.07) is 24.8. The zero-order chi connectivity index (χ0) is 25.6. The summed E-state index contributed by atoms with van der Waals surface area (Å²) in [4.78, 5) is 17.7. The minimum absolute atomic E-state index is 0.251. The second-order valence-electron chi connectivity index (χ2n) is 8.53. The van der Waals surface area contributed by atoms with Gasteiger partial charge in [0.2, 0.25) is 0 Å². The third-order valence-electron chi connectivity index (χ3n) is 5.94. The van der Waals surface area contributed by atoms with Crippen LogP contribution in [0.4, 0.5) is 5.69 Å². The summed E-state index contributed by atoms with van der Waals surface area (Å²) in [6.07, 6.45) is 5.39. The molecule has 0 spiro atoms. The molecule has 186 valence electrons. The zero-order valence-electron chi connectivity index (χ0n) is 20.7. The van der Waals surface area contributed by atoms with Gasteiger partial charge in [-0.2, -0.15) is 5.10 Å². The maximum atomic E-state index is 13.4. The lowest BCUT2D eigenvalue weighted by atomic mass is 10.1. The van der Waals surface area contributed by atoms with Crippen LogP contribution >= 0.6 is 0 Å². The summed E-state index contributed by atoms with van der Waals surface area (Å²) in [5.74, 6) is 1.96. The predicted molar refractivity (Wildman–Crippen MR) is 142 cm³/mol. The molecule has 0 unspecified atom stereocenters. The first-order valence-corrected chi connectivity index (χ1v) is 11.9. The van der Waals surface area contributed by atoms with Crippen molar-refractivity contribution in [2.24, 2.45) is 7.05 Å². The quantitative estimate of drug-likeness (QED) is 0.306. The second-order valence-corrected chi connectivity index (χ2v) is 8.53. The highest BCUT2D eigenvalue weighted by atomic mass is 16.5. The number of rotatable bonds is 9. The van der Waals surface area contributed by atoms with Crippen LogP contribution in [-0.2, 0) is 20.2 Å². The Balaban J connectivity index is 1.36.